The molecule has 0 aliphatic carbocycles. The van der Waals surface area contributed by atoms with Crippen LogP contribution in [0.3, 0.4) is 0 Å². The number of allylic oxidation sites excluding steroid dienone is 2. The summed E-state index contributed by atoms with van der Waals surface area (Å²) >= 11 is 0. The maximum Gasteiger partial charge on any atom is 0.231 e. The molecule has 5 rings (SSSR count). The summed E-state index contributed by atoms with van der Waals surface area (Å²) in [5.41, 5.74) is 9.11. The second-order valence-corrected chi connectivity index (χ2v) is 9.06. The molecule has 7 nitrogen and oxygen atoms in total. The van der Waals surface area contributed by atoms with Crippen LogP contribution in [0.15, 0.2) is 48.7 Å². The molecule has 1 saturated heterocycles. The van der Waals surface area contributed by atoms with Gasteiger partial charge in [0, 0.05) is 36.7 Å². The van der Waals surface area contributed by atoms with Gasteiger partial charge in [-0.15, -0.1) is 0 Å². The minimum atomic E-state index is -0.476. The highest BCUT2D eigenvalue weighted by molar-refractivity contribution is 5.76. The van der Waals surface area contributed by atoms with Crippen molar-refractivity contribution in [2.45, 2.75) is 25.0 Å². The van der Waals surface area contributed by atoms with Crippen molar-refractivity contribution in [2.24, 2.45) is 11.7 Å². The van der Waals surface area contributed by atoms with E-state index in [9.17, 15) is 9.18 Å². The number of likely N-dealkylation sites (N-methyl/N-ethyl adjacent to an activating group) is 1. The van der Waals surface area contributed by atoms with Gasteiger partial charge >= 0.3 is 0 Å². The summed E-state index contributed by atoms with van der Waals surface area (Å²) in [6, 6.07) is 6.59. The molecule has 0 bridgehead atoms. The first kappa shape index (κ1) is 20.9. The quantitative estimate of drug-likeness (QED) is 0.748. The van der Waals surface area contributed by atoms with Crippen LogP contribution in [0, 0.1) is 11.7 Å². The molecule has 2 aromatic rings. The molecule has 4 heterocycles. The number of carbonyl (C=O) groups excluding carboxylic acids is 1. The Hall–Kier alpha value is -2.97. The van der Waals surface area contributed by atoms with Crippen LogP contribution in [-0.4, -0.2) is 58.7 Å². The van der Waals surface area contributed by atoms with Gasteiger partial charge in [0.05, 0.1) is 30.0 Å². The first-order valence-corrected chi connectivity index (χ1v) is 11.1. The molecule has 168 valence electrons. The molecule has 2 unspecified atom stereocenters. The SMILES string of the molecule is CN1CCn2nc(-c3ccc(F)cc3)c(C3(C4CCN(CC(N)=O)C4)C=CC=CN3)c2C1. The Morgan fingerprint density at radius 2 is 2.06 bits per heavy atom. The van der Waals surface area contributed by atoms with E-state index >= 15 is 0 Å². The third-order valence-corrected chi connectivity index (χ3v) is 6.89. The Labute approximate surface area is 187 Å². The first-order valence-electron chi connectivity index (χ1n) is 11.1. The molecule has 3 aliphatic rings. The Kier molecular flexibility index (Phi) is 5.35. The molecule has 1 aromatic heterocycles. The van der Waals surface area contributed by atoms with E-state index in [1.165, 1.54) is 17.8 Å². The smallest absolute Gasteiger partial charge is 0.231 e. The van der Waals surface area contributed by atoms with Crippen LogP contribution in [0.25, 0.3) is 11.3 Å². The molecule has 1 amide bonds. The predicted molar refractivity (Wildman–Crippen MR) is 121 cm³/mol. The molecule has 1 aromatic carbocycles. The van der Waals surface area contributed by atoms with E-state index < -0.39 is 5.54 Å². The number of hydrogen-bond acceptors (Lipinski definition) is 5. The number of nitrogens with two attached hydrogens (primary N) is 1. The number of nitrogens with one attached hydrogen (secondary N) is 1. The van der Waals surface area contributed by atoms with Crippen molar-refractivity contribution in [1.82, 2.24) is 24.9 Å². The summed E-state index contributed by atoms with van der Waals surface area (Å²) in [7, 11) is 2.12. The zero-order valence-electron chi connectivity index (χ0n) is 18.3. The molecular weight excluding hydrogens is 407 g/mol. The maximum atomic E-state index is 13.7. The molecule has 3 N–H and O–H groups in total. The standard InChI is InChI=1S/C24H29FN6O/c1-29-12-13-31-20(15-29)22(23(28-31)17-4-6-19(25)7-5-17)24(9-2-3-10-27-24)18-8-11-30(14-18)16-21(26)32/h2-7,9-10,18,27H,8,11-16H2,1H3,(H2,26,32). The van der Waals surface area contributed by atoms with Crippen LogP contribution in [-0.2, 0) is 23.4 Å². The van der Waals surface area contributed by atoms with E-state index in [1.807, 2.05) is 12.3 Å². The summed E-state index contributed by atoms with van der Waals surface area (Å²) in [5, 5.41) is 8.71. The number of primary amides is 1. The van der Waals surface area contributed by atoms with Crippen molar-refractivity contribution in [3.63, 3.8) is 0 Å². The van der Waals surface area contributed by atoms with Crippen molar-refractivity contribution < 1.29 is 9.18 Å². The zero-order chi connectivity index (χ0) is 22.3. The number of halogens is 1. The molecule has 2 atom stereocenters. The van der Waals surface area contributed by atoms with Crippen LogP contribution in [0.4, 0.5) is 4.39 Å². The number of aromatic nitrogens is 2. The Morgan fingerprint density at radius 1 is 1.25 bits per heavy atom. The lowest BCUT2D eigenvalue weighted by atomic mass is 9.74. The highest BCUT2D eigenvalue weighted by Crippen LogP contribution is 2.45. The molecule has 1 fully saturated rings. The van der Waals surface area contributed by atoms with Gasteiger partial charge in [0.2, 0.25) is 5.91 Å². The fraction of sp³-hybridized carbons (Fsp3) is 0.417. The molecule has 8 heteroatoms. The summed E-state index contributed by atoms with van der Waals surface area (Å²) in [6.45, 7) is 4.40. The fourth-order valence-corrected chi connectivity index (χ4v) is 5.37. The molecule has 32 heavy (non-hydrogen) atoms. The van der Waals surface area contributed by atoms with Gasteiger partial charge in [-0.1, -0.05) is 12.2 Å². The van der Waals surface area contributed by atoms with Crippen molar-refractivity contribution in [3.8, 4) is 11.3 Å². The summed E-state index contributed by atoms with van der Waals surface area (Å²) in [6.07, 6.45) is 9.22. The van der Waals surface area contributed by atoms with E-state index in [0.717, 1.165) is 56.0 Å². The van der Waals surface area contributed by atoms with Crippen molar-refractivity contribution in [2.75, 3.05) is 33.2 Å². The number of benzene rings is 1. The number of fused-ring (bicyclic) bond motifs is 1. The van der Waals surface area contributed by atoms with Crippen LogP contribution in [0.2, 0.25) is 0 Å². The molecule has 0 saturated carbocycles. The third-order valence-electron chi connectivity index (χ3n) is 6.89. The Balaban J connectivity index is 1.65. The summed E-state index contributed by atoms with van der Waals surface area (Å²) in [5.74, 6) is -0.336. The van der Waals surface area contributed by atoms with E-state index in [0.29, 0.717) is 0 Å². The van der Waals surface area contributed by atoms with Crippen LogP contribution in [0.5, 0.6) is 0 Å². The van der Waals surface area contributed by atoms with E-state index in [2.05, 4.69) is 39.0 Å². The molecule has 3 aliphatic heterocycles. The van der Waals surface area contributed by atoms with Gasteiger partial charge in [-0.2, -0.15) is 5.10 Å². The average molecular weight is 437 g/mol. The lowest BCUT2D eigenvalue weighted by molar-refractivity contribution is -0.118. The minimum Gasteiger partial charge on any atom is -0.378 e. The van der Waals surface area contributed by atoms with Crippen LogP contribution >= 0.6 is 0 Å². The minimum absolute atomic E-state index is 0.225. The van der Waals surface area contributed by atoms with Gasteiger partial charge in [0.1, 0.15) is 5.82 Å². The maximum absolute atomic E-state index is 13.7. The number of dihydropyridines is 1. The number of carbonyl (C=O) groups is 1. The zero-order valence-corrected chi connectivity index (χ0v) is 18.3. The van der Waals surface area contributed by atoms with E-state index in [4.69, 9.17) is 10.8 Å². The Morgan fingerprint density at radius 3 is 2.78 bits per heavy atom. The second-order valence-electron chi connectivity index (χ2n) is 9.06. The fourth-order valence-electron chi connectivity index (χ4n) is 5.37. The lowest BCUT2D eigenvalue weighted by Crippen LogP contribution is -2.48. The monoisotopic (exact) mass is 436 g/mol. The lowest BCUT2D eigenvalue weighted by Gasteiger charge is -2.40. The van der Waals surface area contributed by atoms with Gasteiger partial charge in [-0.25, -0.2) is 4.39 Å². The summed E-state index contributed by atoms with van der Waals surface area (Å²) in [4.78, 5) is 16.0. The third kappa shape index (κ3) is 3.63. The Bertz CT molecular complexity index is 1070. The predicted octanol–water partition coefficient (Wildman–Crippen LogP) is 1.81. The summed E-state index contributed by atoms with van der Waals surface area (Å²) < 4.78 is 15.8. The normalized spacial score (nSPS) is 25.6. The van der Waals surface area contributed by atoms with Gasteiger partial charge in [-0.05, 0) is 56.6 Å². The van der Waals surface area contributed by atoms with Crippen LogP contribution < -0.4 is 11.1 Å². The largest absolute Gasteiger partial charge is 0.378 e. The van der Waals surface area contributed by atoms with Crippen LogP contribution in [0.1, 0.15) is 17.7 Å². The first-order chi connectivity index (χ1) is 15.5. The van der Waals surface area contributed by atoms with E-state index in [-0.39, 0.29) is 24.2 Å². The van der Waals surface area contributed by atoms with Gasteiger partial charge < -0.3 is 11.1 Å². The van der Waals surface area contributed by atoms with Gasteiger partial charge in [-0.3, -0.25) is 19.3 Å². The average Bonchev–Trinajstić information content (AvgIpc) is 3.39. The number of nitrogens with zero attached hydrogens (tertiary/aromatic N) is 4. The second kappa shape index (κ2) is 8.18. The van der Waals surface area contributed by atoms with Gasteiger partial charge in [0.15, 0.2) is 0 Å². The van der Waals surface area contributed by atoms with Crippen molar-refractivity contribution >= 4 is 5.91 Å². The van der Waals surface area contributed by atoms with Crippen molar-refractivity contribution in [1.29, 1.82) is 0 Å². The highest BCUT2D eigenvalue weighted by atomic mass is 19.1. The highest BCUT2D eigenvalue weighted by Gasteiger charge is 2.46. The molecule has 0 spiro atoms. The molecular formula is C24H29FN6O. The topological polar surface area (TPSA) is 79.4 Å². The van der Waals surface area contributed by atoms with Crippen molar-refractivity contribution in [3.05, 3.63) is 65.8 Å². The number of hydrogen-bond donors (Lipinski definition) is 2. The molecule has 0 radical (unpaired) electrons. The van der Waals surface area contributed by atoms with E-state index in [1.54, 1.807) is 12.1 Å². The number of likely N-dealkylation sites (tertiary alicyclic amines) is 1. The number of rotatable bonds is 5. The number of amides is 1. The van der Waals surface area contributed by atoms with Gasteiger partial charge in [0.25, 0.3) is 0 Å².